The van der Waals surface area contributed by atoms with Crippen LogP contribution in [0.3, 0.4) is 0 Å². The smallest absolute Gasteiger partial charge is 0.407 e. The van der Waals surface area contributed by atoms with E-state index in [1.54, 1.807) is 20.8 Å². The average molecular weight is 451 g/mol. The van der Waals surface area contributed by atoms with Gasteiger partial charge in [-0.3, -0.25) is 4.79 Å². The molecule has 8 nitrogen and oxygen atoms in total. The number of carbonyl (C=O) groups excluding carboxylic acids is 2. The Morgan fingerprint density at radius 3 is 2.48 bits per heavy atom. The number of hydrogen-bond donors (Lipinski definition) is 2. The Bertz CT molecular complexity index is 923. The van der Waals surface area contributed by atoms with Crippen molar-refractivity contribution in [3.05, 3.63) is 29.7 Å². The minimum absolute atomic E-state index is 0.0138. The van der Waals surface area contributed by atoms with Gasteiger partial charge in [-0.25, -0.2) is 23.1 Å². The van der Waals surface area contributed by atoms with Crippen LogP contribution in [0.4, 0.5) is 26.7 Å². The highest BCUT2D eigenvalue weighted by Gasteiger charge is 2.30. The van der Waals surface area contributed by atoms with Crippen LogP contribution < -0.4 is 10.6 Å². The van der Waals surface area contributed by atoms with Crippen molar-refractivity contribution in [2.24, 2.45) is 0 Å². The van der Waals surface area contributed by atoms with Gasteiger partial charge in [-0.05, 0) is 26.8 Å². The molecule has 1 atom stereocenters. The number of imidazole rings is 1. The fourth-order valence-electron chi connectivity index (χ4n) is 2.47. The van der Waals surface area contributed by atoms with Crippen LogP contribution in [0.1, 0.15) is 50.9 Å². The average Bonchev–Trinajstić information content (AvgIpc) is 3.02. The maximum absolute atomic E-state index is 13.4. The molecule has 0 saturated carbocycles. The summed E-state index contributed by atoms with van der Waals surface area (Å²) in [5, 5.41) is 8.32. The number of nitrogens with one attached hydrogen (secondary N) is 2. The van der Waals surface area contributed by atoms with Crippen molar-refractivity contribution >= 4 is 17.6 Å². The first-order valence-electron chi connectivity index (χ1n) is 9.19. The summed E-state index contributed by atoms with van der Waals surface area (Å²) in [6.07, 6.45) is -8.19. The van der Waals surface area contributed by atoms with Crippen LogP contribution in [0.5, 0.6) is 0 Å². The lowest BCUT2D eigenvalue weighted by atomic mass is 10.1. The zero-order chi connectivity index (χ0) is 23.4. The number of fused-ring (bicyclic) bond motifs is 1. The van der Waals surface area contributed by atoms with Crippen LogP contribution in [0, 0.1) is 0 Å². The standard InChI is InChI=1S/C18H22F5N5O3/c1-17(2,3)31-16(30)24-8-11-9-28-12(26-11)6-10(7-25-28)14(15(19)20)27-13(29)4-5-18(21,22)23/h6-7,9,14-15H,4-5,8H2,1-3H3,(H,24,30)(H,27,29). The summed E-state index contributed by atoms with van der Waals surface area (Å²) < 4.78 is 69.9. The Labute approximate surface area is 174 Å². The predicted molar refractivity (Wildman–Crippen MR) is 98.2 cm³/mol. The fourth-order valence-corrected chi connectivity index (χ4v) is 2.47. The second-order valence-corrected chi connectivity index (χ2v) is 7.67. The third-order valence-corrected chi connectivity index (χ3v) is 3.77. The topological polar surface area (TPSA) is 97.6 Å². The van der Waals surface area contributed by atoms with E-state index < -0.39 is 49.1 Å². The van der Waals surface area contributed by atoms with Gasteiger partial charge in [0.25, 0.3) is 6.43 Å². The molecule has 31 heavy (non-hydrogen) atoms. The molecule has 0 aliphatic heterocycles. The fraction of sp³-hybridized carbons (Fsp3) is 0.556. The van der Waals surface area contributed by atoms with Crippen LogP contribution in [0.2, 0.25) is 0 Å². The highest BCUT2D eigenvalue weighted by atomic mass is 19.4. The number of carbonyl (C=O) groups is 2. The quantitative estimate of drug-likeness (QED) is 0.628. The van der Waals surface area contributed by atoms with E-state index in [2.05, 4.69) is 15.4 Å². The van der Waals surface area contributed by atoms with Crippen molar-refractivity contribution in [1.82, 2.24) is 25.2 Å². The molecule has 0 saturated heterocycles. The number of halogens is 5. The van der Waals surface area contributed by atoms with Gasteiger partial charge in [0.1, 0.15) is 11.6 Å². The zero-order valence-corrected chi connectivity index (χ0v) is 17.0. The second-order valence-electron chi connectivity index (χ2n) is 7.67. The van der Waals surface area contributed by atoms with E-state index in [0.29, 0.717) is 5.69 Å². The number of nitrogens with zero attached hydrogens (tertiary/aromatic N) is 3. The molecule has 0 radical (unpaired) electrons. The van der Waals surface area contributed by atoms with Crippen LogP contribution >= 0.6 is 0 Å². The minimum atomic E-state index is -4.57. The van der Waals surface area contributed by atoms with E-state index in [-0.39, 0.29) is 17.8 Å². The Hall–Kier alpha value is -2.99. The summed E-state index contributed by atoms with van der Waals surface area (Å²) in [6.45, 7) is 5.08. The molecule has 1 unspecified atom stereocenters. The first-order valence-corrected chi connectivity index (χ1v) is 9.19. The van der Waals surface area contributed by atoms with Gasteiger partial charge in [0, 0.05) is 12.0 Å². The van der Waals surface area contributed by atoms with E-state index in [1.807, 2.05) is 5.32 Å². The lowest BCUT2D eigenvalue weighted by Gasteiger charge is -2.19. The van der Waals surface area contributed by atoms with Gasteiger partial charge >= 0.3 is 12.3 Å². The van der Waals surface area contributed by atoms with E-state index >= 15 is 0 Å². The Kier molecular flexibility index (Phi) is 7.39. The number of alkyl carbamates (subject to hydrolysis) is 1. The summed E-state index contributed by atoms with van der Waals surface area (Å²) in [4.78, 5) is 27.5. The molecule has 172 valence electrons. The Balaban J connectivity index is 2.09. The van der Waals surface area contributed by atoms with E-state index in [0.717, 1.165) is 6.20 Å². The number of amides is 2. The molecule has 0 bridgehead atoms. The highest BCUT2D eigenvalue weighted by molar-refractivity contribution is 5.76. The molecular formula is C18H22F5N5O3. The highest BCUT2D eigenvalue weighted by Crippen LogP contribution is 2.24. The summed E-state index contributed by atoms with van der Waals surface area (Å²) in [5.74, 6) is -1.16. The van der Waals surface area contributed by atoms with E-state index in [4.69, 9.17) is 4.74 Å². The van der Waals surface area contributed by atoms with Gasteiger partial charge in [0.2, 0.25) is 5.91 Å². The van der Waals surface area contributed by atoms with Crippen LogP contribution in [-0.2, 0) is 16.1 Å². The minimum Gasteiger partial charge on any atom is -0.444 e. The third kappa shape index (κ3) is 7.98. The normalized spacial score (nSPS) is 13.3. The lowest BCUT2D eigenvalue weighted by Crippen LogP contribution is -2.33. The summed E-state index contributed by atoms with van der Waals surface area (Å²) in [6, 6.07) is -0.622. The van der Waals surface area contributed by atoms with Crippen LogP contribution in [-0.4, -0.2) is 44.8 Å². The Morgan fingerprint density at radius 2 is 1.90 bits per heavy atom. The van der Waals surface area contributed by atoms with E-state index in [9.17, 15) is 31.5 Å². The van der Waals surface area contributed by atoms with Crippen molar-refractivity contribution in [3.63, 3.8) is 0 Å². The van der Waals surface area contributed by atoms with Gasteiger partial charge in [-0.15, -0.1) is 0 Å². The van der Waals surface area contributed by atoms with Crippen molar-refractivity contribution in [2.45, 2.75) is 64.4 Å². The molecule has 13 heteroatoms. The van der Waals surface area contributed by atoms with Gasteiger partial charge in [-0.1, -0.05) is 0 Å². The van der Waals surface area contributed by atoms with Gasteiger partial charge < -0.3 is 15.4 Å². The van der Waals surface area contributed by atoms with Gasteiger partial charge in [0.15, 0.2) is 5.65 Å². The maximum Gasteiger partial charge on any atom is 0.407 e. The largest absolute Gasteiger partial charge is 0.444 e. The number of ether oxygens (including phenoxy) is 1. The first-order chi connectivity index (χ1) is 14.2. The van der Waals surface area contributed by atoms with E-state index in [1.165, 1.54) is 16.8 Å². The molecule has 0 fully saturated rings. The van der Waals surface area contributed by atoms with Crippen LogP contribution in [0.25, 0.3) is 5.65 Å². The lowest BCUT2D eigenvalue weighted by molar-refractivity contribution is -0.144. The number of hydrogen-bond acceptors (Lipinski definition) is 5. The molecule has 0 aromatic carbocycles. The number of rotatable bonds is 7. The molecular weight excluding hydrogens is 429 g/mol. The molecule has 2 heterocycles. The molecule has 0 spiro atoms. The molecule has 0 aliphatic carbocycles. The zero-order valence-electron chi connectivity index (χ0n) is 17.0. The third-order valence-electron chi connectivity index (χ3n) is 3.77. The SMILES string of the molecule is CC(C)(C)OC(=O)NCc1cn2ncc(C(NC(=O)CCC(F)(F)F)C(F)F)cc2n1. The summed E-state index contributed by atoms with van der Waals surface area (Å²) >= 11 is 0. The van der Waals surface area contributed by atoms with Crippen LogP contribution in [0.15, 0.2) is 18.5 Å². The predicted octanol–water partition coefficient (Wildman–Crippen LogP) is 3.52. The van der Waals surface area contributed by atoms with Crippen molar-refractivity contribution in [2.75, 3.05) is 0 Å². The first kappa shape index (κ1) is 24.3. The summed E-state index contributed by atoms with van der Waals surface area (Å²) in [7, 11) is 0. The molecule has 2 aromatic rings. The van der Waals surface area contributed by atoms with Crippen molar-refractivity contribution in [3.8, 4) is 0 Å². The van der Waals surface area contributed by atoms with Crippen molar-refractivity contribution in [1.29, 1.82) is 0 Å². The van der Waals surface area contributed by atoms with Gasteiger partial charge in [0.05, 0.1) is 31.1 Å². The Morgan fingerprint density at radius 1 is 1.23 bits per heavy atom. The molecule has 2 N–H and O–H groups in total. The van der Waals surface area contributed by atoms with Gasteiger partial charge in [-0.2, -0.15) is 18.3 Å². The number of alkyl halides is 5. The molecule has 0 aliphatic rings. The monoisotopic (exact) mass is 451 g/mol. The molecule has 2 rings (SSSR count). The maximum atomic E-state index is 13.4. The van der Waals surface area contributed by atoms with Crippen molar-refractivity contribution < 1.29 is 36.3 Å². The molecule has 2 aromatic heterocycles. The molecule has 2 amide bonds. The number of aromatic nitrogens is 3. The second kappa shape index (κ2) is 9.43. The summed E-state index contributed by atoms with van der Waals surface area (Å²) in [5.41, 5.74) is -0.305.